The van der Waals surface area contributed by atoms with Crippen LogP contribution in [-0.4, -0.2) is 105 Å². The molecular formula is C32H52O10. The van der Waals surface area contributed by atoms with Crippen molar-refractivity contribution in [1.29, 1.82) is 0 Å². The lowest BCUT2D eigenvalue weighted by molar-refractivity contribution is -0.339. The summed E-state index contributed by atoms with van der Waals surface area (Å²) in [5.41, 5.74) is -0.616. The van der Waals surface area contributed by atoms with Crippen LogP contribution in [-0.2, 0) is 18.9 Å². The van der Waals surface area contributed by atoms with Crippen LogP contribution in [0.2, 0.25) is 0 Å². The number of rotatable bonds is 2. The van der Waals surface area contributed by atoms with E-state index in [4.69, 9.17) is 18.9 Å². The van der Waals surface area contributed by atoms with E-state index in [0.717, 1.165) is 45.1 Å². The summed E-state index contributed by atoms with van der Waals surface area (Å²) >= 11 is 0. The van der Waals surface area contributed by atoms with Gasteiger partial charge < -0.3 is 49.6 Å². The van der Waals surface area contributed by atoms with Crippen LogP contribution in [0.1, 0.15) is 72.6 Å². The second-order valence-corrected chi connectivity index (χ2v) is 15.7. The third-order valence-electron chi connectivity index (χ3n) is 13.9. The molecule has 7 rings (SSSR count). The topological polar surface area (TPSA) is 158 Å². The Kier molecular flexibility index (Phi) is 7.43. The Balaban J connectivity index is 1.17. The first-order chi connectivity index (χ1) is 19.8. The molecule has 10 nitrogen and oxygen atoms in total. The first-order valence-electron chi connectivity index (χ1n) is 16.5. The van der Waals surface area contributed by atoms with Gasteiger partial charge in [0.1, 0.15) is 30.5 Å². The second-order valence-electron chi connectivity index (χ2n) is 15.7. The van der Waals surface area contributed by atoms with E-state index < -0.39 is 60.2 Å². The van der Waals surface area contributed by atoms with Crippen molar-refractivity contribution in [3.8, 4) is 0 Å². The van der Waals surface area contributed by atoms with Gasteiger partial charge in [-0.15, -0.1) is 0 Å². The van der Waals surface area contributed by atoms with E-state index in [-0.39, 0.29) is 30.0 Å². The van der Waals surface area contributed by atoms with Crippen LogP contribution in [0, 0.1) is 52.3 Å². The minimum absolute atomic E-state index is 0.0923. The van der Waals surface area contributed by atoms with Crippen molar-refractivity contribution < 1.29 is 49.6 Å². The van der Waals surface area contributed by atoms with Gasteiger partial charge in [-0.3, -0.25) is 0 Å². The summed E-state index contributed by atoms with van der Waals surface area (Å²) in [5, 5.41) is 64.5. The normalized spacial score (nSPS) is 62.7. The highest BCUT2D eigenvalue weighted by Crippen LogP contribution is 2.71. The molecule has 3 aliphatic heterocycles. The molecule has 3 saturated heterocycles. The van der Waals surface area contributed by atoms with Gasteiger partial charge in [0.25, 0.3) is 0 Å². The largest absolute Gasteiger partial charge is 0.390 e. The summed E-state index contributed by atoms with van der Waals surface area (Å²) < 4.78 is 25.3. The Morgan fingerprint density at radius 1 is 0.738 bits per heavy atom. The monoisotopic (exact) mass is 596 g/mol. The van der Waals surface area contributed by atoms with Crippen LogP contribution >= 0.6 is 0 Å². The lowest BCUT2D eigenvalue weighted by Crippen LogP contribution is -2.70. The van der Waals surface area contributed by atoms with Gasteiger partial charge >= 0.3 is 0 Å². The Labute approximate surface area is 248 Å². The molecular weight excluding hydrogens is 544 g/mol. The lowest BCUT2D eigenvalue weighted by atomic mass is 9.43. The zero-order chi connectivity index (χ0) is 29.9. The van der Waals surface area contributed by atoms with Gasteiger partial charge in [-0.1, -0.05) is 27.7 Å². The molecule has 0 aromatic heterocycles. The SMILES string of the molecule is C[C@H]1CC[C@@]2(OC1)O[C@H]1C[C@H]3[C@@H]4CC[C@@H]5[C@@H](O)[C@H](O)[C@@H](O)[C@@H](O[C@@H]6OC[C@H](O)[C@H](O)[C@H]6O)[C@]5(C)[C@H]4CC[C@]3(C)[C@H]1[C@@H]2C. The number of fused-ring (bicyclic) bond motifs is 7. The molecule has 7 aliphatic rings. The Morgan fingerprint density at radius 3 is 2.21 bits per heavy atom. The molecule has 4 saturated carbocycles. The Morgan fingerprint density at radius 2 is 1.50 bits per heavy atom. The number of hydrogen-bond acceptors (Lipinski definition) is 10. The van der Waals surface area contributed by atoms with Crippen molar-refractivity contribution in [1.82, 2.24) is 0 Å². The molecule has 0 aromatic carbocycles. The minimum Gasteiger partial charge on any atom is -0.390 e. The second kappa shape index (κ2) is 10.3. The fourth-order valence-corrected chi connectivity index (χ4v) is 11.7. The minimum atomic E-state index is -1.51. The Hall–Kier alpha value is -0.400. The molecule has 0 amide bonds. The van der Waals surface area contributed by atoms with Crippen LogP contribution in [0.25, 0.3) is 0 Å². The third kappa shape index (κ3) is 4.06. The van der Waals surface area contributed by atoms with Crippen LogP contribution in [0.5, 0.6) is 0 Å². The summed E-state index contributed by atoms with van der Waals surface area (Å²) in [6.07, 6.45) is -3.57. The Bertz CT molecular complexity index is 1020. The molecule has 1 spiro atoms. The summed E-state index contributed by atoms with van der Waals surface area (Å²) in [5.74, 6) is 1.37. The highest BCUT2D eigenvalue weighted by atomic mass is 16.7. The van der Waals surface area contributed by atoms with Crippen molar-refractivity contribution in [2.45, 2.75) is 134 Å². The van der Waals surface area contributed by atoms with Gasteiger partial charge in [-0.2, -0.15) is 0 Å². The quantitative estimate of drug-likeness (QED) is 0.273. The molecule has 240 valence electrons. The van der Waals surface area contributed by atoms with Crippen LogP contribution in [0.4, 0.5) is 0 Å². The van der Waals surface area contributed by atoms with Gasteiger partial charge in [-0.05, 0) is 79.4 Å². The average molecular weight is 597 g/mol. The van der Waals surface area contributed by atoms with E-state index in [1.54, 1.807) is 0 Å². The standard InChI is InChI=1S/C32H52O10/c1-14-7-10-32(40-12-14)15(2)22-21(42-32)11-19-16-5-6-18-23(34)25(36)26(37)28(31(18,4)17(16)8-9-30(19,22)3)41-29-27(38)24(35)20(33)13-39-29/h14-29,33-38H,5-13H2,1-4H3/t14-,15-,16+,17-,18+,19-,20-,21-,22-,23+,24-,25-,26+,27+,28+,29-,30-,31+,32+/m0/s1. The van der Waals surface area contributed by atoms with Gasteiger partial charge in [0, 0.05) is 17.8 Å². The molecule has 19 atom stereocenters. The molecule has 0 bridgehead atoms. The molecule has 3 heterocycles. The predicted molar refractivity (Wildman–Crippen MR) is 149 cm³/mol. The van der Waals surface area contributed by atoms with Gasteiger partial charge in [0.15, 0.2) is 12.1 Å². The third-order valence-corrected chi connectivity index (χ3v) is 13.9. The van der Waals surface area contributed by atoms with Crippen molar-refractivity contribution in [3.63, 3.8) is 0 Å². The van der Waals surface area contributed by atoms with Crippen LogP contribution in [0.3, 0.4) is 0 Å². The van der Waals surface area contributed by atoms with Crippen LogP contribution in [0.15, 0.2) is 0 Å². The first-order valence-corrected chi connectivity index (χ1v) is 16.5. The van der Waals surface area contributed by atoms with Crippen molar-refractivity contribution in [2.75, 3.05) is 13.2 Å². The number of aliphatic hydroxyl groups is 6. The van der Waals surface area contributed by atoms with Crippen molar-refractivity contribution in [2.24, 2.45) is 52.3 Å². The summed E-state index contributed by atoms with van der Waals surface area (Å²) in [4.78, 5) is 0. The van der Waals surface area contributed by atoms with E-state index in [1.807, 2.05) is 0 Å². The van der Waals surface area contributed by atoms with Crippen molar-refractivity contribution in [3.05, 3.63) is 0 Å². The van der Waals surface area contributed by atoms with E-state index >= 15 is 0 Å². The molecule has 0 unspecified atom stereocenters. The molecule has 7 fully saturated rings. The number of ether oxygens (including phenoxy) is 4. The smallest absolute Gasteiger partial charge is 0.186 e. The molecule has 6 N–H and O–H groups in total. The zero-order valence-electron chi connectivity index (χ0n) is 25.4. The van der Waals surface area contributed by atoms with Gasteiger partial charge in [0.2, 0.25) is 0 Å². The van der Waals surface area contributed by atoms with E-state index in [1.165, 1.54) is 0 Å². The lowest BCUT2D eigenvalue weighted by Gasteiger charge is -2.65. The highest BCUT2D eigenvalue weighted by Gasteiger charge is 2.71. The molecule has 0 aromatic rings. The van der Waals surface area contributed by atoms with Gasteiger partial charge in [0.05, 0.1) is 31.5 Å². The van der Waals surface area contributed by atoms with E-state index in [2.05, 4.69) is 27.7 Å². The van der Waals surface area contributed by atoms with E-state index in [9.17, 15) is 30.6 Å². The predicted octanol–water partition coefficient (Wildman–Crippen LogP) is 1.17. The number of hydrogen-bond donors (Lipinski definition) is 6. The van der Waals surface area contributed by atoms with E-state index in [0.29, 0.717) is 36.0 Å². The fourth-order valence-electron chi connectivity index (χ4n) is 11.7. The maximum absolute atomic E-state index is 11.4. The maximum atomic E-state index is 11.4. The highest BCUT2D eigenvalue weighted by molar-refractivity contribution is 5.18. The summed E-state index contributed by atoms with van der Waals surface area (Å²) in [6.45, 7) is 9.64. The molecule has 42 heavy (non-hydrogen) atoms. The summed E-state index contributed by atoms with van der Waals surface area (Å²) in [6, 6.07) is 0. The zero-order valence-corrected chi connectivity index (χ0v) is 25.4. The number of aliphatic hydroxyl groups excluding tert-OH is 6. The van der Waals surface area contributed by atoms with Gasteiger partial charge in [-0.25, -0.2) is 0 Å². The average Bonchev–Trinajstić information content (AvgIpc) is 3.41. The fraction of sp³-hybridized carbons (Fsp3) is 1.00. The van der Waals surface area contributed by atoms with Crippen LogP contribution < -0.4 is 0 Å². The maximum Gasteiger partial charge on any atom is 0.186 e. The first kappa shape index (κ1) is 30.3. The molecule has 4 aliphatic carbocycles. The van der Waals surface area contributed by atoms with Crippen molar-refractivity contribution >= 4 is 0 Å². The molecule has 10 heteroatoms. The summed E-state index contributed by atoms with van der Waals surface area (Å²) in [7, 11) is 0. The molecule has 0 radical (unpaired) electrons.